The van der Waals surface area contributed by atoms with Gasteiger partial charge < -0.3 is 18.9 Å². The van der Waals surface area contributed by atoms with Gasteiger partial charge in [0.05, 0.1) is 49.1 Å². The summed E-state index contributed by atoms with van der Waals surface area (Å²) in [4.78, 5) is 23.4. The number of carbonyl (C=O) groups is 2. The molecule has 31 heavy (non-hydrogen) atoms. The second-order valence-electron chi connectivity index (χ2n) is 8.38. The monoisotopic (exact) mass is 462 g/mol. The van der Waals surface area contributed by atoms with Crippen LogP contribution in [0.2, 0.25) is 0 Å². The highest BCUT2D eigenvalue weighted by Gasteiger charge is 2.37. The Balaban J connectivity index is 1.43. The van der Waals surface area contributed by atoms with Crippen molar-refractivity contribution in [1.82, 2.24) is 0 Å². The molecule has 2 aliphatic rings. The highest BCUT2D eigenvalue weighted by Crippen LogP contribution is 2.29. The minimum atomic E-state index is -3.30. The van der Waals surface area contributed by atoms with E-state index >= 15 is 0 Å². The van der Waals surface area contributed by atoms with E-state index in [0.717, 1.165) is 25.7 Å². The van der Waals surface area contributed by atoms with Crippen molar-refractivity contribution < 1.29 is 37.0 Å². The average Bonchev–Trinajstić information content (AvgIpc) is 3.61. The summed E-state index contributed by atoms with van der Waals surface area (Å²) in [6.07, 6.45) is 7.20. The lowest BCUT2D eigenvalue weighted by molar-refractivity contribution is -0.144. The highest BCUT2D eigenvalue weighted by atomic mass is 32.2. The maximum atomic E-state index is 12.1. The van der Waals surface area contributed by atoms with Gasteiger partial charge in [0.1, 0.15) is 9.84 Å². The van der Waals surface area contributed by atoms with Crippen LogP contribution >= 0.6 is 0 Å². The zero-order valence-corrected chi connectivity index (χ0v) is 19.7. The molecule has 2 aliphatic heterocycles. The summed E-state index contributed by atoms with van der Waals surface area (Å²) in [5, 5.41) is 0. The number of hydrogen-bond acceptors (Lipinski definition) is 8. The fourth-order valence-electron chi connectivity index (χ4n) is 3.64. The van der Waals surface area contributed by atoms with Crippen molar-refractivity contribution in [3.05, 3.63) is 0 Å². The molecule has 9 heteroatoms. The number of hydrogen-bond donors (Lipinski definition) is 0. The van der Waals surface area contributed by atoms with Crippen molar-refractivity contribution >= 4 is 21.8 Å². The predicted octanol–water partition coefficient (Wildman–Crippen LogP) is 2.96. The number of rotatable bonds is 18. The number of esters is 2. The van der Waals surface area contributed by atoms with Crippen LogP contribution in [0.5, 0.6) is 0 Å². The van der Waals surface area contributed by atoms with Gasteiger partial charge in [-0.3, -0.25) is 9.59 Å². The molecular formula is C22H38O8S. The molecule has 0 saturated carbocycles. The van der Waals surface area contributed by atoms with Gasteiger partial charge >= 0.3 is 11.9 Å². The summed E-state index contributed by atoms with van der Waals surface area (Å²) in [6, 6.07) is 0. The van der Waals surface area contributed by atoms with Gasteiger partial charge in [0.25, 0.3) is 0 Å². The summed E-state index contributed by atoms with van der Waals surface area (Å²) >= 11 is 0. The van der Waals surface area contributed by atoms with Crippen LogP contribution in [-0.2, 0) is 38.4 Å². The Hall–Kier alpha value is -1.19. The Bertz CT molecular complexity index is 612. The van der Waals surface area contributed by atoms with E-state index in [1.807, 2.05) is 0 Å². The van der Waals surface area contributed by atoms with Crippen molar-refractivity contribution in [3.63, 3.8) is 0 Å². The van der Waals surface area contributed by atoms with E-state index in [0.29, 0.717) is 38.3 Å². The molecule has 2 heterocycles. The molecule has 0 amide bonds. The summed E-state index contributed by atoms with van der Waals surface area (Å²) in [5.74, 6) is -0.932. The Morgan fingerprint density at radius 1 is 0.710 bits per heavy atom. The smallest absolute Gasteiger partial charge is 0.305 e. The Morgan fingerprint density at radius 3 is 1.48 bits per heavy atom. The third-order valence-corrected chi connectivity index (χ3v) is 7.35. The molecule has 0 aromatic carbocycles. The van der Waals surface area contributed by atoms with Crippen LogP contribution in [-0.4, -0.2) is 69.5 Å². The van der Waals surface area contributed by atoms with Crippen molar-refractivity contribution in [3.8, 4) is 0 Å². The van der Waals surface area contributed by atoms with Gasteiger partial charge in [-0.05, 0) is 25.7 Å². The Morgan fingerprint density at radius 2 is 1.10 bits per heavy atom. The van der Waals surface area contributed by atoms with Crippen LogP contribution in [0.1, 0.15) is 78.1 Å². The summed E-state index contributed by atoms with van der Waals surface area (Å²) in [7, 11) is -3.30. The molecule has 2 rings (SSSR count). The molecule has 4 atom stereocenters. The number of ether oxygens (including phenoxy) is 4. The van der Waals surface area contributed by atoms with E-state index in [9.17, 15) is 18.0 Å². The second kappa shape index (κ2) is 13.4. The normalized spacial score (nSPS) is 24.6. The first-order valence-corrected chi connectivity index (χ1v) is 13.5. The second-order valence-corrected chi connectivity index (χ2v) is 10.7. The molecule has 0 N–H and O–H groups in total. The van der Waals surface area contributed by atoms with Gasteiger partial charge in [0, 0.05) is 25.7 Å². The minimum absolute atomic E-state index is 0.0768. The maximum absolute atomic E-state index is 12.1. The molecule has 0 radical (unpaired) electrons. The van der Waals surface area contributed by atoms with Crippen LogP contribution in [0.15, 0.2) is 0 Å². The maximum Gasteiger partial charge on any atom is 0.305 e. The van der Waals surface area contributed by atoms with Gasteiger partial charge in [-0.2, -0.15) is 0 Å². The molecule has 0 aromatic heterocycles. The third kappa shape index (κ3) is 11.3. The number of carbonyl (C=O) groups excluding carboxylic acids is 2. The van der Waals surface area contributed by atoms with Gasteiger partial charge in [-0.25, -0.2) is 8.42 Å². The van der Waals surface area contributed by atoms with Crippen LogP contribution in [0.25, 0.3) is 0 Å². The number of sulfone groups is 1. The molecule has 180 valence electrons. The fraction of sp³-hybridized carbons (Fsp3) is 0.909. The molecule has 2 saturated heterocycles. The largest absolute Gasteiger partial charge is 0.466 e. The zero-order chi connectivity index (χ0) is 22.7. The molecule has 0 aliphatic carbocycles. The van der Waals surface area contributed by atoms with Crippen molar-refractivity contribution in [1.29, 1.82) is 0 Å². The molecule has 2 fully saturated rings. The van der Waals surface area contributed by atoms with E-state index in [4.69, 9.17) is 18.9 Å². The third-order valence-electron chi connectivity index (χ3n) is 5.53. The van der Waals surface area contributed by atoms with Crippen LogP contribution in [0, 0.1) is 0 Å². The number of epoxide rings is 2. The molecule has 8 nitrogen and oxygen atoms in total. The molecule has 0 bridgehead atoms. The van der Waals surface area contributed by atoms with Gasteiger partial charge in [0.15, 0.2) is 0 Å². The Labute approximate surface area is 186 Å². The lowest BCUT2D eigenvalue weighted by Crippen LogP contribution is -2.15. The van der Waals surface area contributed by atoms with Gasteiger partial charge in [-0.15, -0.1) is 0 Å². The highest BCUT2D eigenvalue weighted by molar-refractivity contribution is 7.91. The van der Waals surface area contributed by atoms with E-state index in [1.54, 1.807) is 0 Å². The molecule has 0 spiro atoms. The van der Waals surface area contributed by atoms with E-state index in [2.05, 4.69) is 13.8 Å². The summed E-state index contributed by atoms with van der Waals surface area (Å²) in [6.45, 7) is 4.83. The van der Waals surface area contributed by atoms with Crippen molar-refractivity contribution in [2.75, 3.05) is 24.7 Å². The van der Waals surface area contributed by atoms with E-state index in [-0.39, 0.29) is 61.3 Å². The Kier molecular flexibility index (Phi) is 11.2. The standard InChI is InChI=1S/C22H38O8S/c1-3-7-17-19(29-17)11-13-27-21(23)9-5-15-31(25,26)16-6-10-22(24)28-14-12-20-18(30-20)8-4-2/h17-20H,3-16H2,1-2H3. The SMILES string of the molecule is CCCC1OC1CCOC(=O)CCCS(=O)(=O)CCCC(=O)OCCC1OC1CCC. The lowest BCUT2D eigenvalue weighted by atomic mass is 10.2. The average molecular weight is 463 g/mol. The first-order chi connectivity index (χ1) is 14.8. The molecule has 0 aromatic rings. The first-order valence-electron chi connectivity index (χ1n) is 11.7. The summed E-state index contributed by atoms with van der Waals surface area (Å²) in [5.41, 5.74) is 0. The summed E-state index contributed by atoms with van der Waals surface area (Å²) < 4.78 is 45.3. The topological polar surface area (TPSA) is 112 Å². The van der Waals surface area contributed by atoms with Crippen LogP contribution in [0.3, 0.4) is 0 Å². The van der Waals surface area contributed by atoms with Crippen LogP contribution < -0.4 is 0 Å². The van der Waals surface area contributed by atoms with Gasteiger partial charge in [0.2, 0.25) is 0 Å². The quantitative estimate of drug-likeness (QED) is 0.226. The van der Waals surface area contributed by atoms with Gasteiger partial charge in [-0.1, -0.05) is 26.7 Å². The molecule has 4 unspecified atom stereocenters. The van der Waals surface area contributed by atoms with E-state index < -0.39 is 9.84 Å². The fourth-order valence-corrected chi connectivity index (χ4v) is 5.01. The lowest BCUT2D eigenvalue weighted by Gasteiger charge is -2.06. The minimum Gasteiger partial charge on any atom is -0.466 e. The van der Waals surface area contributed by atoms with Crippen LogP contribution in [0.4, 0.5) is 0 Å². The first kappa shape index (κ1) is 26.1. The van der Waals surface area contributed by atoms with Crippen molar-refractivity contribution in [2.45, 2.75) is 102 Å². The van der Waals surface area contributed by atoms with E-state index in [1.165, 1.54) is 0 Å². The van der Waals surface area contributed by atoms with Crippen molar-refractivity contribution in [2.24, 2.45) is 0 Å². The molecular weight excluding hydrogens is 424 g/mol. The zero-order valence-electron chi connectivity index (χ0n) is 18.9. The predicted molar refractivity (Wildman–Crippen MR) is 115 cm³/mol.